The highest BCUT2D eigenvalue weighted by atomic mass is 16.4. The summed E-state index contributed by atoms with van der Waals surface area (Å²) in [6, 6.07) is 7.21. The van der Waals surface area contributed by atoms with Crippen LogP contribution in [0, 0.1) is 0 Å². The molecule has 0 aliphatic carbocycles. The van der Waals surface area contributed by atoms with Gasteiger partial charge in [-0.1, -0.05) is 18.2 Å². The van der Waals surface area contributed by atoms with E-state index in [1.807, 2.05) is 24.5 Å². The van der Waals surface area contributed by atoms with Gasteiger partial charge in [-0.15, -0.1) is 0 Å². The highest BCUT2D eigenvalue weighted by Crippen LogP contribution is 2.25. The first-order valence-electron chi connectivity index (χ1n) is 5.45. The number of aromatic carboxylic acids is 1. The molecule has 1 aromatic carbocycles. The van der Waals surface area contributed by atoms with Crippen molar-refractivity contribution in [3.8, 4) is 11.3 Å². The Bertz CT molecular complexity index is 544. The number of imidazole rings is 1. The maximum atomic E-state index is 11.2. The number of carbonyl (C=O) groups is 1. The summed E-state index contributed by atoms with van der Waals surface area (Å²) in [7, 11) is 0. The van der Waals surface area contributed by atoms with Crippen LogP contribution in [0.25, 0.3) is 11.3 Å². The summed E-state index contributed by atoms with van der Waals surface area (Å²) in [5.74, 6) is -0.919. The van der Waals surface area contributed by atoms with Gasteiger partial charge in [-0.25, -0.2) is 9.78 Å². The lowest BCUT2D eigenvalue weighted by atomic mass is 10.0. The van der Waals surface area contributed by atoms with Crippen molar-refractivity contribution in [1.29, 1.82) is 0 Å². The molecule has 1 heterocycles. The first kappa shape index (κ1) is 11.4. The number of rotatable bonds is 3. The van der Waals surface area contributed by atoms with Crippen molar-refractivity contribution in [1.82, 2.24) is 9.55 Å². The number of nitrogens with zero attached hydrogens (tertiary/aromatic N) is 2. The Labute approximate surface area is 99.5 Å². The molecular formula is C13H14N2O2. The molecule has 0 saturated carbocycles. The van der Waals surface area contributed by atoms with E-state index in [1.54, 1.807) is 30.7 Å². The minimum atomic E-state index is -0.919. The van der Waals surface area contributed by atoms with Crippen molar-refractivity contribution in [3.05, 3.63) is 42.4 Å². The van der Waals surface area contributed by atoms with Crippen molar-refractivity contribution >= 4 is 5.97 Å². The smallest absolute Gasteiger partial charge is 0.336 e. The molecule has 0 radical (unpaired) electrons. The molecule has 4 heteroatoms. The fraction of sp³-hybridized carbons (Fsp3) is 0.231. The summed E-state index contributed by atoms with van der Waals surface area (Å²) in [5.41, 5.74) is 1.83. The zero-order chi connectivity index (χ0) is 12.4. The van der Waals surface area contributed by atoms with Gasteiger partial charge >= 0.3 is 5.97 Å². The summed E-state index contributed by atoms with van der Waals surface area (Å²) < 4.78 is 1.96. The van der Waals surface area contributed by atoms with Crippen LogP contribution in [0.3, 0.4) is 0 Å². The molecule has 0 spiro atoms. The van der Waals surface area contributed by atoms with Gasteiger partial charge in [0.2, 0.25) is 0 Å². The molecule has 0 bridgehead atoms. The van der Waals surface area contributed by atoms with Crippen molar-refractivity contribution in [2.45, 2.75) is 19.9 Å². The largest absolute Gasteiger partial charge is 0.478 e. The topological polar surface area (TPSA) is 55.1 Å². The second kappa shape index (κ2) is 4.41. The summed E-state index contributed by atoms with van der Waals surface area (Å²) in [6.07, 6.45) is 3.42. The second-order valence-corrected chi connectivity index (χ2v) is 4.13. The predicted octanol–water partition coefficient (Wildman–Crippen LogP) is 2.83. The van der Waals surface area contributed by atoms with Gasteiger partial charge in [0, 0.05) is 11.6 Å². The summed E-state index contributed by atoms with van der Waals surface area (Å²) >= 11 is 0. The zero-order valence-corrected chi connectivity index (χ0v) is 9.79. The SMILES string of the molecule is CC(C)n1cncc1-c1ccccc1C(=O)O. The Hall–Kier alpha value is -2.10. The summed E-state index contributed by atoms with van der Waals surface area (Å²) in [4.78, 5) is 15.3. The van der Waals surface area contributed by atoms with Gasteiger partial charge in [0.1, 0.15) is 0 Å². The van der Waals surface area contributed by atoms with Crippen molar-refractivity contribution < 1.29 is 9.90 Å². The molecule has 0 aliphatic rings. The Balaban J connectivity index is 2.60. The first-order chi connectivity index (χ1) is 8.11. The molecule has 1 N–H and O–H groups in total. The molecule has 0 saturated heterocycles. The minimum Gasteiger partial charge on any atom is -0.478 e. The number of hydrogen-bond acceptors (Lipinski definition) is 2. The fourth-order valence-electron chi connectivity index (χ4n) is 1.82. The average Bonchev–Trinajstić information content (AvgIpc) is 2.77. The van der Waals surface area contributed by atoms with Gasteiger partial charge in [0.15, 0.2) is 0 Å². The van der Waals surface area contributed by atoms with Crippen molar-refractivity contribution in [2.75, 3.05) is 0 Å². The Morgan fingerprint density at radius 2 is 2.06 bits per heavy atom. The Kier molecular flexibility index (Phi) is 2.95. The number of hydrogen-bond donors (Lipinski definition) is 1. The van der Waals surface area contributed by atoms with E-state index in [0.29, 0.717) is 11.1 Å². The standard InChI is InChI=1S/C13H14N2O2/c1-9(2)15-8-14-7-12(15)10-5-3-4-6-11(10)13(16)17/h3-9H,1-2H3,(H,16,17). The lowest BCUT2D eigenvalue weighted by Crippen LogP contribution is -2.05. The van der Waals surface area contributed by atoms with Crippen LogP contribution in [0.4, 0.5) is 0 Å². The van der Waals surface area contributed by atoms with Gasteiger partial charge in [0.25, 0.3) is 0 Å². The summed E-state index contributed by atoms with van der Waals surface area (Å²) in [5, 5.41) is 9.16. The number of carboxylic acids is 1. The van der Waals surface area contributed by atoms with E-state index in [4.69, 9.17) is 5.11 Å². The third kappa shape index (κ3) is 2.06. The fourth-order valence-corrected chi connectivity index (χ4v) is 1.82. The van der Waals surface area contributed by atoms with Crippen LogP contribution in [0.15, 0.2) is 36.8 Å². The van der Waals surface area contributed by atoms with Crippen molar-refractivity contribution in [3.63, 3.8) is 0 Å². The molecule has 2 rings (SSSR count). The molecule has 0 fully saturated rings. The third-order valence-electron chi connectivity index (χ3n) is 2.66. The van der Waals surface area contributed by atoms with Gasteiger partial charge in [-0.2, -0.15) is 0 Å². The molecule has 88 valence electrons. The van der Waals surface area contributed by atoms with Crippen LogP contribution < -0.4 is 0 Å². The van der Waals surface area contributed by atoms with E-state index in [9.17, 15) is 4.79 Å². The zero-order valence-electron chi connectivity index (χ0n) is 9.79. The van der Waals surface area contributed by atoms with Gasteiger partial charge in [-0.05, 0) is 19.9 Å². The van der Waals surface area contributed by atoms with Crippen molar-refractivity contribution in [2.24, 2.45) is 0 Å². The molecule has 2 aromatic rings. The monoisotopic (exact) mass is 230 g/mol. The van der Waals surface area contributed by atoms with E-state index in [2.05, 4.69) is 4.98 Å². The van der Waals surface area contributed by atoms with Crippen LogP contribution in [0.1, 0.15) is 30.2 Å². The van der Waals surface area contributed by atoms with E-state index in [-0.39, 0.29) is 6.04 Å². The molecule has 1 aromatic heterocycles. The van der Waals surface area contributed by atoms with Crippen LogP contribution >= 0.6 is 0 Å². The van der Waals surface area contributed by atoms with Crippen LogP contribution in [0.2, 0.25) is 0 Å². The maximum Gasteiger partial charge on any atom is 0.336 e. The molecule has 0 unspecified atom stereocenters. The highest BCUT2D eigenvalue weighted by Gasteiger charge is 2.15. The second-order valence-electron chi connectivity index (χ2n) is 4.13. The molecule has 17 heavy (non-hydrogen) atoms. The Morgan fingerprint density at radius 1 is 1.35 bits per heavy atom. The van der Waals surface area contributed by atoms with Crippen LogP contribution in [-0.4, -0.2) is 20.6 Å². The molecule has 0 amide bonds. The van der Waals surface area contributed by atoms with Gasteiger partial charge < -0.3 is 9.67 Å². The number of benzene rings is 1. The average molecular weight is 230 g/mol. The predicted molar refractivity (Wildman–Crippen MR) is 65.0 cm³/mol. The lowest BCUT2D eigenvalue weighted by Gasteiger charge is -2.13. The highest BCUT2D eigenvalue weighted by molar-refractivity contribution is 5.95. The van der Waals surface area contributed by atoms with Crippen LogP contribution in [-0.2, 0) is 0 Å². The third-order valence-corrected chi connectivity index (χ3v) is 2.66. The Morgan fingerprint density at radius 3 is 2.71 bits per heavy atom. The van der Waals surface area contributed by atoms with E-state index >= 15 is 0 Å². The molecule has 0 atom stereocenters. The number of aromatic nitrogens is 2. The van der Waals surface area contributed by atoms with E-state index in [1.165, 1.54) is 0 Å². The number of carboxylic acid groups (broad SMARTS) is 1. The summed E-state index contributed by atoms with van der Waals surface area (Å²) in [6.45, 7) is 4.07. The van der Waals surface area contributed by atoms with E-state index in [0.717, 1.165) is 5.69 Å². The van der Waals surface area contributed by atoms with Gasteiger partial charge in [-0.3, -0.25) is 0 Å². The van der Waals surface area contributed by atoms with Gasteiger partial charge in [0.05, 0.1) is 23.8 Å². The lowest BCUT2D eigenvalue weighted by molar-refractivity contribution is 0.0697. The quantitative estimate of drug-likeness (QED) is 0.882. The van der Waals surface area contributed by atoms with Crippen LogP contribution in [0.5, 0.6) is 0 Å². The first-order valence-corrected chi connectivity index (χ1v) is 5.45. The maximum absolute atomic E-state index is 11.2. The molecular weight excluding hydrogens is 216 g/mol. The normalized spacial score (nSPS) is 10.8. The minimum absolute atomic E-state index is 0.245. The molecule has 4 nitrogen and oxygen atoms in total. The van der Waals surface area contributed by atoms with E-state index < -0.39 is 5.97 Å². The molecule has 0 aliphatic heterocycles.